The first kappa shape index (κ1) is 25.4. The summed E-state index contributed by atoms with van der Waals surface area (Å²) in [4.78, 5) is 29.4. The monoisotopic (exact) mass is 569 g/mol. The first-order chi connectivity index (χ1) is 18.3. The van der Waals surface area contributed by atoms with Gasteiger partial charge in [0, 0.05) is 16.0 Å². The van der Waals surface area contributed by atoms with Crippen molar-refractivity contribution in [3.63, 3.8) is 0 Å². The standard InChI is InChI=1S/C30H24BrN3O4/c1-18(2)28-33-26-13-12-22(31)15-24(26)29(35)34(28)32-16-25-23-6-4-3-5-20(23)11-14-27(25)38-17-19-7-9-21(10-8-19)30(36)37/h3-16,18H,17H2,1-2H3,(H,36,37). The van der Waals surface area contributed by atoms with Gasteiger partial charge in [0.05, 0.1) is 22.7 Å². The normalized spacial score (nSPS) is 11.6. The lowest BCUT2D eigenvalue weighted by atomic mass is 10.0. The highest BCUT2D eigenvalue weighted by Crippen LogP contribution is 2.28. The number of fused-ring (bicyclic) bond motifs is 2. The molecule has 0 fully saturated rings. The summed E-state index contributed by atoms with van der Waals surface area (Å²) in [5, 5.41) is 16.2. The summed E-state index contributed by atoms with van der Waals surface area (Å²) in [6, 6.07) is 23.7. The van der Waals surface area contributed by atoms with E-state index in [1.165, 1.54) is 4.68 Å². The average Bonchev–Trinajstić information content (AvgIpc) is 2.92. The van der Waals surface area contributed by atoms with E-state index in [0.717, 1.165) is 26.4 Å². The predicted molar refractivity (Wildman–Crippen MR) is 152 cm³/mol. The SMILES string of the molecule is CC(C)c1nc2ccc(Br)cc2c(=O)n1N=Cc1c(OCc2ccc(C(=O)O)cc2)ccc2ccccc12. The maximum atomic E-state index is 13.5. The van der Waals surface area contributed by atoms with Gasteiger partial charge in [0.1, 0.15) is 18.2 Å². The molecule has 190 valence electrons. The number of aromatic carboxylic acids is 1. The number of hydrogen-bond donors (Lipinski definition) is 1. The summed E-state index contributed by atoms with van der Waals surface area (Å²) >= 11 is 3.44. The Bertz CT molecular complexity index is 1760. The highest BCUT2D eigenvalue weighted by atomic mass is 79.9. The second-order valence-electron chi connectivity index (χ2n) is 9.14. The molecule has 5 aromatic rings. The molecule has 0 spiro atoms. The van der Waals surface area contributed by atoms with E-state index in [9.17, 15) is 9.59 Å². The summed E-state index contributed by atoms with van der Waals surface area (Å²) < 4.78 is 8.31. The molecule has 1 heterocycles. The Hall–Kier alpha value is -4.30. The van der Waals surface area contributed by atoms with Crippen molar-refractivity contribution in [2.75, 3.05) is 0 Å². The minimum absolute atomic E-state index is 0.0371. The molecule has 4 aromatic carbocycles. The summed E-state index contributed by atoms with van der Waals surface area (Å²) in [6.45, 7) is 4.18. The summed E-state index contributed by atoms with van der Waals surface area (Å²) in [5.41, 5.74) is 2.14. The molecule has 8 heteroatoms. The van der Waals surface area contributed by atoms with Crippen LogP contribution in [-0.4, -0.2) is 27.0 Å². The zero-order valence-corrected chi connectivity index (χ0v) is 22.3. The lowest BCUT2D eigenvalue weighted by Crippen LogP contribution is -2.23. The molecule has 0 aliphatic carbocycles. The number of nitrogens with zero attached hydrogens (tertiary/aromatic N) is 3. The highest BCUT2D eigenvalue weighted by molar-refractivity contribution is 9.10. The number of carbonyl (C=O) groups is 1. The van der Waals surface area contributed by atoms with Crippen LogP contribution in [0.15, 0.2) is 93.2 Å². The number of rotatable bonds is 7. The van der Waals surface area contributed by atoms with E-state index in [0.29, 0.717) is 22.5 Å². The van der Waals surface area contributed by atoms with Gasteiger partial charge in [0.25, 0.3) is 5.56 Å². The molecule has 0 atom stereocenters. The van der Waals surface area contributed by atoms with Crippen molar-refractivity contribution in [1.82, 2.24) is 9.66 Å². The Kier molecular flexibility index (Phi) is 7.07. The van der Waals surface area contributed by atoms with Gasteiger partial charge < -0.3 is 9.84 Å². The topological polar surface area (TPSA) is 93.8 Å². The lowest BCUT2D eigenvalue weighted by Gasteiger charge is -2.14. The van der Waals surface area contributed by atoms with Crippen molar-refractivity contribution in [1.29, 1.82) is 0 Å². The fraction of sp³-hybridized carbons (Fsp3) is 0.133. The number of carboxylic acids is 1. The van der Waals surface area contributed by atoms with Crippen LogP contribution in [0.3, 0.4) is 0 Å². The molecule has 0 radical (unpaired) electrons. The maximum absolute atomic E-state index is 13.5. The van der Waals surface area contributed by atoms with Crippen LogP contribution < -0.4 is 10.3 Å². The van der Waals surface area contributed by atoms with E-state index < -0.39 is 5.97 Å². The van der Waals surface area contributed by atoms with E-state index in [1.54, 1.807) is 36.5 Å². The molecule has 0 aliphatic heterocycles. The van der Waals surface area contributed by atoms with Gasteiger partial charge in [-0.3, -0.25) is 4.79 Å². The van der Waals surface area contributed by atoms with Crippen molar-refractivity contribution >= 4 is 49.8 Å². The second kappa shape index (κ2) is 10.6. The number of ether oxygens (including phenoxy) is 1. The zero-order valence-electron chi connectivity index (χ0n) is 20.8. The van der Waals surface area contributed by atoms with Gasteiger partial charge in [-0.1, -0.05) is 72.2 Å². The zero-order chi connectivity index (χ0) is 26.8. The predicted octanol–water partition coefficient (Wildman–Crippen LogP) is 6.60. The van der Waals surface area contributed by atoms with Gasteiger partial charge in [-0.05, 0) is 52.7 Å². The van der Waals surface area contributed by atoms with E-state index >= 15 is 0 Å². The van der Waals surface area contributed by atoms with Crippen LogP contribution in [0, 0.1) is 0 Å². The second-order valence-corrected chi connectivity index (χ2v) is 10.1. The van der Waals surface area contributed by atoms with Crippen molar-refractivity contribution in [3.8, 4) is 5.75 Å². The largest absolute Gasteiger partial charge is 0.488 e. The molecule has 1 N–H and O–H groups in total. The molecule has 0 saturated heterocycles. The molecule has 38 heavy (non-hydrogen) atoms. The third-order valence-corrected chi connectivity index (χ3v) is 6.67. The first-order valence-corrected chi connectivity index (χ1v) is 12.8. The molecular formula is C30H24BrN3O4. The van der Waals surface area contributed by atoms with Gasteiger partial charge >= 0.3 is 5.97 Å². The maximum Gasteiger partial charge on any atom is 0.335 e. The van der Waals surface area contributed by atoms with Crippen molar-refractivity contribution in [2.24, 2.45) is 5.10 Å². The first-order valence-electron chi connectivity index (χ1n) is 12.0. The molecule has 7 nitrogen and oxygen atoms in total. The molecule has 0 bridgehead atoms. The fourth-order valence-electron chi connectivity index (χ4n) is 4.21. The van der Waals surface area contributed by atoms with Crippen LogP contribution in [0.25, 0.3) is 21.7 Å². The highest BCUT2D eigenvalue weighted by Gasteiger charge is 2.15. The van der Waals surface area contributed by atoms with Gasteiger partial charge in [0.2, 0.25) is 0 Å². The molecule has 1 aromatic heterocycles. The molecule has 0 saturated carbocycles. The third kappa shape index (κ3) is 5.08. The lowest BCUT2D eigenvalue weighted by molar-refractivity contribution is 0.0697. The number of benzene rings is 4. The van der Waals surface area contributed by atoms with Crippen molar-refractivity contribution in [2.45, 2.75) is 26.4 Å². The quantitative estimate of drug-likeness (QED) is 0.223. The van der Waals surface area contributed by atoms with Crippen molar-refractivity contribution < 1.29 is 14.6 Å². The molecule has 5 rings (SSSR count). The Balaban J connectivity index is 1.58. The molecule has 0 amide bonds. The Labute approximate surface area is 227 Å². The van der Waals surface area contributed by atoms with E-state index in [4.69, 9.17) is 14.8 Å². The van der Waals surface area contributed by atoms with E-state index in [2.05, 4.69) is 21.0 Å². The smallest absolute Gasteiger partial charge is 0.335 e. The third-order valence-electron chi connectivity index (χ3n) is 6.18. The Morgan fingerprint density at radius 1 is 1.05 bits per heavy atom. The van der Waals surface area contributed by atoms with Crippen LogP contribution >= 0.6 is 15.9 Å². The number of hydrogen-bond acceptors (Lipinski definition) is 5. The van der Waals surface area contributed by atoms with E-state index in [-0.39, 0.29) is 23.6 Å². The molecule has 0 unspecified atom stereocenters. The Morgan fingerprint density at radius 3 is 2.55 bits per heavy atom. The van der Waals surface area contributed by atoms with Crippen LogP contribution in [0.2, 0.25) is 0 Å². The summed E-state index contributed by atoms with van der Waals surface area (Å²) in [6.07, 6.45) is 1.64. The number of carboxylic acid groups (broad SMARTS) is 1. The minimum Gasteiger partial charge on any atom is -0.488 e. The van der Waals surface area contributed by atoms with Crippen LogP contribution in [0.4, 0.5) is 0 Å². The molecular weight excluding hydrogens is 546 g/mol. The van der Waals surface area contributed by atoms with Crippen LogP contribution in [-0.2, 0) is 6.61 Å². The summed E-state index contributed by atoms with van der Waals surface area (Å²) in [5.74, 6) is 0.134. The van der Waals surface area contributed by atoms with E-state index in [1.807, 2.05) is 62.4 Å². The molecule has 0 aliphatic rings. The number of halogens is 1. The van der Waals surface area contributed by atoms with Crippen LogP contribution in [0.5, 0.6) is 5.75 Å². The minimum atomic E-state index is -0.975. The fourth-order valence-corrected chi connectivity index (χ4v) is 4.57. The summed E-state index contributed by atoms with van der Waals surface area (Å²) in [7, 11) is 0. The van der Waals surface area contributed by atoms with Crippen molar-refractivity contribution in [3.05, 3.63) is 116 Å². The van der Waals surface area contributed by atoms with Crippen LogP contribution in [0.1, 0.15) is 47.1 Å². The van der Waals surface area contributed by atoms with Gasteiger partial charge in [-0.25, -0.2) is 9.78 Å². The van der Waals surface area contributed by atoms with Gasteiger partial charge in [-0.2, -0.15) is 9.78 Å². The van der Waals surface area contributed by atoms with Gasteiger partial charge in [0.15, 0.2) is 0 Å². The number of aromatic nitrogens is 2. The Morgan fingerprint density at radius 2 is 1.82 bits per heavy atom. The average molecular weight is 570 g/mol. The van der Waals surface area contributed by atoms with Gasteiger partial charge in [-0.15, -0.1) is 0 Å².